The highest BCUT2D eigenvalue weighted by Gasteiger charge is 2.19. The van der Waals surface area contributed by atoms with Crippen LogP contribution in [0.2, 0.25) is 0 Å². The van der Waals surface area contributed by atoms with E-state index in [1.54, 1.807) is 48.2 Å². The smallest absolute Gasteiger partial charge is 0.261 e. The van der Waals surface area contributed by atoms with Gasteiger partial charge in [-0.25, -0.2) is 8.42 Å². The second-order valence-electron chi connectivity index (χ2n) is 7.00. The van der Waals surface area contributed by atoms with E-state index in [-0.39, 0.29) is 16.1 Å². The number of benzene rings is 2. The first-order chi connectivity index (χ1) is 14.2. The van der Waals surface area contributed by atoms with Crippen LogP contribution >= 0.6 is 23.1 Å². The van der Waals surface area contributed by atoms with Gasteiger partial charge in [0.2, 0.25) is 5.13 Å². The van der Waals surface area contributed by atoms with Crippen LogP contribution in [0, 0.1) is 12.8 Å². The molecule has 3 rings (SSSR count). The van der Waals surface area contributed by atoms with Crippen molar-refractivity contribution in [3.05, 3.63) is 59.7 Å². The molecule has 0 aliphatic rings. The minimum atomic E-state index is -3.83. The first-order valence-corrected chi connectivity index (χ1v) is 12.5. The molecule has 3 aromatic rings. The molecule has 0 radical (unpaired) electrons. The number of nitrogens with zero attached hydrogens (tertiary/aromatic N) is 2. The van der Waals surface area contributed by atoms with Crippen molar-refractivity contribution in [1.29, 1.82) is 0 Å². The van der Waals surface area contributed by atoms with Gasteiger partial charge in [0.05, 0.1) is 16.1 Å². The number of hydrogen-bond donors (Lipinski definition) is 2. The fourth-order valence-electron chi connectivity index (χ4n) is 2.41. The Morgan fingerprint density at radius 3 is 2.50 bits per heavy atom. The Balaban J connectivity index is 1.76. The van der Waals surface area contributed by atoms with Crippen LogP contribution in [0.25, 0.3) is 0 Å². The highest BCUT2D eigenvalue weighted by molar-refractivity contribution is 8.01. The van der Waals surface area contributed by atoms with E-state index in [4.69, 9.17) is 0 Å². The van der Waals surface area contributed by atoms with Crippen LogP contribution in [0.3, 0.4) is 0 Å². The number of rotatable bonds is 8. The van der Waals surface area contributed by atoms with Gasteiger partial charge >= 0.3 is 0 Å². The largest absolute Gasteiger partial charge is 0.296 e. The van der Waals surface area contributed by atoms with Crippen LogP contribution in [0.4, 0.5) is 10.8 Å². The van der Waals surface area contributed by atoms with E-state index in [0.717, 1.165) is 15.7 Å². The van der Waals surface area contributed by atoms with E-state index in [2.05, 4.69) is 34.1 Å². The van der Waals surface area contributed by atoms with Gasteiger partial charge < -0.3 is 0 Å². The summed E-state index contributed by atoms with van der Waals surface area (Å²) in [6, 6.07) is 12.9. The van der Waals surface area contributed by atoms with Crippen molar-refractivity contribution in [3.63, 3.8) is 0 Å². The molecule has 0 saturated heterocycles. The zero-order valence-corrected chi connectivity index (χ0v) is 19.2. The van der Waals surface area contributed by atoms with Gasteiger partial charge in [-0.3, -0.25) is 14.8 Å². The molecule has 0 atom stereocenters. The quantitative estimate of drug-likeness (QED) is 0.373. The first kappa shape index (κ1) is 22.3. The molecule has 0 bridgehead atoms. The Kier molecular flexibility index (Phi) is 7.11. The SMILES string of the molecule is Cc1ccc(S(=O)(=O)Nc2ccccc2C(=O)Nc2nnc(SCC(C)C)s2)cc1. The summed E-state index contributed by atoms with van der Waals surface area (Å²) in [5, 5.41) is 11.1. The summed E-state index contributed by atoms with van der Waals surface area (Å²) in [7, 11) is -3.83. The van der Waals surface area contributed by atoms with Gasteiger partial charge in [0.25, 0.3) is 15.9 Å². The first-order valence-electron chi connectivity index (χ1n) is 9.21. The summed E-state index contributed by atoms with van der Waals surface area (Å²) in [5.74, 6) is 0.964. The molecule has 158 valence electrons. The van der Waals surface area contributed by atoms with E-state index in [1.165, 1.54) is 23.5 Å². The van der Waals surface area contributed by atoms with Crippen LogP contribution < -0.4 is 10.0 Å². The summed E-state index contributed by atoms with van der Waals surface area (Å²) < 4.78 is 28.7. The number of nitrogens with one attached hydrogen (secondary N) is 2. The predicted octanol–water partition coefficient (Wildman–Crippen LogP) is 4.65. The predicted molar refractivity (Wildman–Crippen MR) is 122 cm³/mol. The van der Waals surface area contributed by atoms with Crippen molar-refractivity contribution in [1.82, 2.24) is 10.2 Å². The standard InChI is InChI=1S/C20H22N4O3S3/c1-13(2)12-28-20-23-22-19(29-20)21-18(25)16-6-4-5-7-17(16)24-30(26,27)15-10-8-14(3)9-11-15/h4-11,13,24H,12H2,1-3H3,(H,21,22,25). The lowest BCUT2D eigenvalue weighted by molar-refractivity contribution is 0.102. The maximum Gasteiger partial charge on any atom is 0.261 e. The molecule has 0 saturated carbocycles. The van der Waals surface area contributed by atoms with Gasteiger partial charge in [0, 0.05) is 5.75 Å². The van der Waals surface area contributed by atoms with Gasteiger partial charge in [-0.15, -0.1) is 10.2 Å². The Labute approximate surface area is 184 Å². The van der Waals surface area contributed by atoms with Crippen LogP contribution in [0.15, 0.2) is 57.8 Å². The fourth-order valence-corrected chi connectivity index (χ4v) is 5.22. The third-order valence-electron chi connectivity index (χ3n) is 3.91. The molecule has 2 N–H and O–H groups in total. The van der Waals surface area contributed by atoms with Gasteiger partial charge in [0.1, 0.15) is 0 Å². The number of aromatic nitrogens is 2. The van der Waals surface area contributed by atoms with Crippen LogP contribution in [0.5, 0.6) is 0 Å². The molecule has 0 fully saturated rings. The summed E-state index contributed by atoms with van der Waals surface area (Å²) in [6.07, 6.45) is 0. The maximum atomic E-state index is 12.8. The average Bonchev–Trinajstić information content (AvgIpc) is 3.14. The number of para-hydroxylation sites is 1. The molecule has 0 spiro atoms. The van der Waals surface area contributed by atoms with E-state index in [9.17, 15) is 13.2 Å². The van der Waals surface area contributed by atoms with Crippen molar-refractivity contribution in [2.75, 3.05) is 15.8 Å². The number of anilines is 2. The molecule has 1 heterocycles. The molecule has 0 aliphatic heterocycles. The second kappa shape index (κ2) is 9.59. The molecule has 0 aliphatic carbocycles. The zero-order chi connectivity index (χ0) is 21.7. The summed E-state index contributed by atoms with van der Waals surface area (Å²) >= 11 is 2.87. The molecule has 0 unspecified atom stereocenters. The number of amides is 1. The molecule has 10 heteroatoms. The summed E-state index contributed by atoms with van der Waals surface area (Å²) in [4.78, 5) is 12.9. The van der Waals surface area contributed by atoms with Crippen molar-refractivity contribution in [2.45, 2.75) is 30.0 Å². The van der Waals surface area contributed by atoms with Gasteiger partial charge in [-0.05, 0) is 37.1 Å². The highest BCUT2D eigenvalue weighted by atomic mass is 32.2. The minimum absolute atomic E-state index is 0.124. The number of aryl methyl sites for hydroxylation is 1. The van der Waals surface area contributed by atoms with Gasteiger partial charge in [-0.2, -0.15) is 0 Å². The number of carbonyl (C=O) groups is 1. The second-order valence-corrected chi connectivity index (χ2v) is 10.9. The summed E-state index contributed by atoms with van der Waals surface area (Å²) in [6.45, 7) is 6.11. The number of carbonyl (C=O) groups excluding carboxylic acids is 1. The van der Waals surface area contributed by atoms with E-state index < -0.39 is 15.9 Å². The lowest BCUT2D eigenvalue weighted by Crippen LogP contribution is -2.18. The van der Waals surface area contributed by atoms with Crippen molar-refractivity contribution in [2.24, 2.45) is 5.92 Å². The third kappa shape index (κ3) is 5.80. The Hall–Kier alpha value is -2.43. The van der Waals surface area contributed by atoms with Crippen molar-refractivity contribution >= 4 is 49.8 Å². The zero-order valence-electron chi connectivity index (χ0n) is 16.7. The number of thioether (sulfide) groups is 1. The topological polar surface area (TPSA) is 101 Å². The molecular weight excluding hydrogens is 440 g/mol. The van der Waals surface area contributed by atoms with E-state index >= 15 is 0 Å². The lowest BCUT2D eigenvalue weighted by atomic mass is 10.2. The summed E-state index contributed by atoms with van der Waals surface area (Å²) in [5.41, 5.74) is 1.34. The van der Waals surface area contributed by atoms with Crippen LogP contribution in [-0.2, 0) is 10.0 Å². The Morgan fingerprint density at radius 1 is 1.10 bits per heavy atom. The molecule has 2 aromatic carbocycles. The number of sulfonamides is 1. The lowest BCUT2D eigenvalue weighted by Gasteiger charge is -2.12. The van der Waals surface area contributed by atoms with Crippen molar-refractivity contribution in [3.8, 4) is 0 Å². The fraction of sp³-hybridized carbons (Fsp3) is 0.250. The molecule has 7 nitrogen and oxygen atoms in total. The molecule has 1 amide bonds. The Morgan fingerprint density at radius 2 is 1.80 bits per heavy atom. The van der Waals surface area contributed by atoms with Gasteiger partial charge in [-0.1, -0.05) is 66.8 Å². The molecular formula is C20H22N4O3S3. The number of hydrogen-bond acceptors (Lipinski definition) is 7. The van der Waals surface area contributed by atoms with Crippen LogP contribution in [0.1, 0.15) is 29.8 Å². The van der Waals surface area contributed by atoms with Crippen LogP contribution in [-0.4, -0.2) is 30.3 Å². The van der Waals surface area contributed by atoms with Crippen molar-refractivity contribution < 1.29 is 13.2 Å². The maximum absolute atomic E-state index is 12.8. The molecule has 1 aromatic heterocycles. The average molecular weight is 463 g/mol. The van der Waals surface area contributed by atoms with E-state index in [0.29, 0.717) is 11.0 Å². The van der Waals surface area contributed by atoms with Gasteiger partial charge in [0.15, 0.2) is 4.34 Å². The highest BCUT2D eigenvalue weighted by Crippen LogP contribution is 2.28. The Bertz CT molecular complexity index is 1130. The normalized spacial score (nSPS) is 11.5. The third-order valence-corrected chi connectivity index (χ3v) is 7.69. The van der Waals surface area contributed by atoms with E-state index in [1.807, 2.05) is 6.92 Å². The molecule has 30 heavy (non-hydrogen) atoms. The minimum Gasteiger partial charge on any atom is -0.296 e. The monoisotopic (exact) mass is 462 g/mol.